The predicted molar refractivity (Wildman–Crippen MR) is 87.9 cm³/mol. The minimum Gasteiger partial charge on any atom is -0.297 e. The number of aryl methyl sites for hydroxylation is 2. The van der Waals surface area contributed by atoms with Crippen molar-refractivity contribution in [3.63, 3.8) is 0 Å². The molecule has 2 heterocycles. The molecule has 0 saturated carbocycles. The van der Waals surface area contributed by atoms with E-state index in [0.717, 1.165) is 19.5 Å². The van der Waals surface area contributed by atoms with Crippen molar-refractivity contribution in [1.29, 1.82) is 0 Å². The Balaban J connectivity index is 2.06. The second kappa shape index (κ2) is 6.61. The molecule has 2 rings (SSSR count). The van der Waals surface area contributed by atoms with Gasteiger partial charge in [-0.15, -0.1) is 0 Å². The van der Waals surface area contributed by atoms with Crippen molar-refractivity contribution >= 4 is 15.9 Å². The first-order valence-electron chi connectivity index (χ1n) is 7.99. The highest BCUT2D eigenvalue weighted by Gasteiger charge is 2.29. The Morgan fingerprint density at radius 1 is 1.20 bits per heavy atom. The van der Waals surface area contributed by atoms with E-state index >= 15 is 0 Å². The molecule has 0 aliphatic carbocycles. The molecule has 1 aromatic rings. The fraction of sp³-hybridized carbons (Fsp3) is 0.812. The van der Waals surface area contributed by atoms with Crippen molar-refractivity contribution in [3.8, 4) is 0 Å². The van der Waals surface area contributed by atoms with E-state index in [0.29, 0.717) is 5.41 Å². The second-order valence-corrected chi connectivity index (χ2v) is 7.11. The zero-order valence-electron chi connectivity index (χ0n) is 13.4. The van der Waals surface area contributed by atoms with Gasteiger partial charge >= 0.3 is 0 Å². The van der Waals surface area contributed by atoms with Crippen LogP contribution < -0.4 is 0 Å². The monoisotopic (exact) mass is 341 g/mol. The SMILES string of the molecule is CCc1nn(CC)c(CN2CCC(C)(CC)CC2)c1Br. The topological polar surface area (TPSA) is 21.1 Å². The number of rotatable bonds is 5. The van der Waals surface area contributed by atoms with Crippen LogP contribution in [-0.2, 0) is 19.5 Å². The summed E-state index contributed by atoms with van der Waals surface area (Å²) >= 11 is 3.76. The van der Waals surface area contributed by atoms with E-state index in [1.807, 2.05) is 0 Å². The van der Waals surface area contributed by atoms with Crippen LogP contribution in [0.4, 0.5) is 0 Å². The van der Waals surface area contributed by atoms with Crippen LogP contribution in [0, 0.1) is 5.41 Å². The maximum absolute atomic E-state index is 4.70. The molecule has 1 aromatic heterocycles. The quantitative estimate of drug-likeness (QED) is 0.798. The molecule has 0 atom stereocenters. The summed E-state index contributed by atoms with van der Waals surface area (Å²) in [6.45, 7) is 13.5. The van der Waals surface area contributed by atoms with Gasteiger partial charge in [-0.2, -0.15) is 5.10 Å². The second-order valence-electron chi connectivity index (χ2n) is 6.32. The van der Waals surface area contributed by atoms with Crippen molar-refractivity contribution in [2.75, 3.05) is 13.1 Å². The molecule has 1 aliphatic rings. The normalized spacial score (nSPS) is 19.4. The van der Waals surface area contributed by atoms with Crippen LogP contribution in [0.3, 0.4) is 0 Å². The standard InChI is InChI=1S/C16H28BrN3/c1-5-13-15(17)14(20(7-3)18-13)12-19-10-8-16(4,6-2)9-11-19/h5-12H2,1-4H3. The Morgan fingerprint density at radius 3 is 2.35 bits per heavy atom. The van der Waals surface area contributed by atoms with Gasteiger partial charge in [0.05, 0.1) is 15.9 Å². The van der Waals surface area contributed by atoms with Crippen LogP contribution in [0.2, 0.25) is 0 Å². The predicted octanol–water partition coefficient (Wildman–Crippen LogP) is 4.24. The van der Waals surface area contributed by atoms with Crippen LogP contribution in [0.1, 0.15) is 58.3 Å². The number of halogens is 1. The molecule has 1 saturated heterocycles. The van der Waals surface area contributed by atoms with Crippen molar-refractivity contribution in [1.82, 2.24) is 14.7 Å². The zero-order valence-corrected chi connectivity index (χ0v) is 15.0. The molecule has 1 aliphatic heterocycles. The molecular weight excluding hydrogens is 314 g/mol. The van der Waals surface area contributed by atoms with Crippen LogP contribution in [0.15, 0.2) is 4.47 Å². The summed E-state index contributed by atoms with van der Waals surface area (Å²) in [6.07, 6.45) is 4.94. The Labute approximate surface area is 131 Å². The fourth-order valence-corrected chi connectivity index (χ4v) is 3.67. The van der Waals surface area contributed by atoms with Crippen LogP contribution >= 0.6 is 15.9 Å². The third-order valence-corrected chi connectivity index (χ3v) is 5.90. The summed E-state index contributed by atoms with van der Waals surface area (Å²) in [7, 11) is 0. The number of nitrogens with zero attached hydrogens (tertiary/aromatic N) is 3. The fourth-order valence-electron chi connectivity index (χ4n) is 2.98. The smallest absolute Gasteiger partial charge is 0.0767 e. The molecule has 0 spiro atoms. The molecule has 0 radical (unpaired) electrons. The minimum atomic E-state index is 0.563. The lowest BCUT2D eigenvalue weighted by Gasteiger charge is -2.39. The summed E-state index contributed by atoms with van der Waals surface area (Å²) in [5.41, 5.74) is 3.11. The van der Waals surface area contributed by atoms with Gasteiger partial charge in [-0.05, 0) is 60.6 Å². The van der Waals surface area contributed by atoms with E-state index in [1.165, 1.54) is 48.2 Å². The Bertz CT molecular complexity index is 445. The van der Waals surface area contributed by atoms with Crippen LogP contribution in [0.25, 0.3) is 0 Å². The van der Waals surface area contributed by atoms with Crippen LogP contribution in [0.5, 0.6) is 0 Å². The Morgan fingerprint density at radius 2 is 1.85 bits per heavy atom. The van der Waals surface area contributed by atoms with E-state index in [4.69, 9.17) is 5.10 Å². The molecule has 0 bridgehead atoms. The molecule has 4 heteroatoms. The van der Waals surface area contributed by atoms with E-state index in [9.17, 15) is 0 Å². The van der Waals surface area contributed by atoms with Gasteiger partial charge in [0, 0.05) is 13.1 Å². The van der Waals surface area contributed by atoms with E-state index in [-0.39, 0.29) is 0 Å². The van der Waals surface area contributed by atoms with Gasteiger partial charge in [-0.25, -0.2) is 0 Å². The minimum absolute atomic E-state index is 0.563. The Hall–Kier alpha value is -0.350. The highest BCUT2D eigenvalue weighted by Crippen LogP contribution is 2.35. The lowest BCUT2D eigenvalue weighted by molar-refractivity contribution is 0.107. The first-order chi connectivity index (χ1) is 9.53. The molecule has 1 fully saturated rings. The largest absolute Gasteiger partial charge is 0.297 e. The molecule has 0 N–H and O–H groups in total. The van der Waals surface area contributed by atoms with E-state index in [2.05, 4.69) is 53.2 Å². The molecule has 20 heavy (non-hydrogen) atoms. The average Bonchev–Trinajstić information content (AvgIpc) is 2.78. The van der Waals surface area contributed by atoms with Gasteiger partial charge in [-0.3, -0.25) is 9.58 Å². The summed E-state index contributed by atoms with van der Waals surface area (Å²) in [5.74, 6) is 0. The first-order valence-corrected chi connectivity index (χ1v) is 8.78. The highest BCUT2D eigenvalue weighted by molar-refractivity contribution is 9.10. The molecule has 0 unspecified atom stereocenters. The summed E-state index contributed by atoms with van der Waals surface area (Å²) in [5, 5.41) is 4.70. The van der Waals surface area contributed by atoms with Crippen LogP contribution in [-0.4, -0.2) is 27.8 Å². The number of aromatic nitrogens is 2. The molecule has 3 nitrogen and oxygen atoms in total. The molecular formula is C16H28BrN3. The van der Waals surface area contributed by atoms with Crippen molar-refractivity contribution in [2.45, 2.75) is 66.5 Å². The van der Waals surface area contributed by atoms with Gasteiger partial charge in [0.1, 0.15) is 0 Å². The van der Waals surface area contributed by atoms with Crippen molar-refractivity contribution in [3.05, 3.63) is 15.9 Å². The zero-order chi connectivity index (χ0) is 14.8. The van der Waals surface area contributed by atoms with Crippen molar-refractivity contribution in [2.24, 2.45) is 5.41 Å². The molecule has 0 amide bonds. The highest BCUT2D eigenvalue weighted by atomic mass is 79.9. The number of hydrogen-bond donors (Lipinski definition) is 0. The maximum atomic E-state index is 4.70. The lowest BCUT2D eigenvalue weighted by Crippen LogP contribution is -2.38. The van der Waals surface area contributed by atoms with Gasteiger partial charge in [0.2, 0.25) is 0 Å². The summed E-state index contributed by atoms with van der Waals surface area (Å²) in [4.78, 5) is 2.59. The summed E-state index contributed by atoms with van der Waals surface area (Å²) in [6, 6.07) is 0. The van der Waals surface area contributed by atoms with Gasteiger partial charge < -0.3 is 0 Å². The first kappa shape index (κ1) is 16.0. The number of piperidine rings is 1. The average molecular weight is 342 g/mol. The van der Waals surface area contributed by atoms with Crippen molar-refractivity contribution < 1.29 is 0 Å². The molecule has 114 valence electrons. The third kappa shape index (κ3) is 3.28. The Kier molecular flexibility index (Phi) is 5.30. The maximum Gasteiger partial charge on any atom is 0.0767 e. The van der Waals surface area contributed by atoms with Gasteiger partial charge in [-0.1, -0.05) is 27.2 Å². The number of hydrogen-bond acceptors (Lipinski definition) is 2. The number of likely N-dealkylation sites (tertiary alicyclic amines) is 1. The van der Waals surface area contributed by atoms with Gasteiger partial charge in [0.25, 0.3) is 0 Å². The van der Waals surface area contributed by atoms with E-state index in [1.54, 1.807) is 0 Å². The van der Waals surface area contributed by atoms with Gasteiger partial charge in [0.15, 0.2) is 0 Å². The molecule has 0 aromatic carbocycles. The third-order valence-electron chi connectivity index (χ3n) is 4.98. The lowest BCUT2D eigenvalue weighted by atomic mass is 9.78. The summed E-state index contributed by atoms with van der Waals surface area (Å²) < 4.78 is 3.39. The van der Waals surface area contributed by atoms with E-state index < -0.39 is 0 Å².